The molecule has 0 bridgehead atoms. The summed E-state index contributed by atoms with van der Waals surface area (Å²) >= 11 is 1.98. The molecule has 3 aliphatic rings. The van der Waals surface area contributed by atoms with Gasteiger partial charge in [-0.05, 0) is 43.4 Å². The van der Waals surface area contributed by atoms with Crippen LogP contribution in [-0.2, 0) is 0 Å². The van der Waals surface area contributed by atoms with E-state index in [2.05, 4.69) is 12.2 Å². The Hall–Kier alpha value is -0.180. The molecule has 2 atom stereocenters. The van der Waals surface area contributed by atoms with Gasteiger partial charge in [0.25, 0.3) is 0 Å². The summed E-state index contributed by atoms with van der Waals surface area (Å²) in [6.45, 7) is 3.42. The van der Waals surface area contributed by atoms with E-state index in [9.17, 15) is 0 Å². The monoisotopic (exact) mass is 280 g/mol. The van der Waals surface area contributed by atoms with Crippen LogP contribution >= 0.6 is 11.8 Å². The van der Waals surface area contributed by atoms with Crippen LogP contribution in [0.5, 0.6) is 0 Å². The molecule has 0 aromatic heterocycles. The number of amidine groups is 1. The summed E-state index contributed by atoms with van der Waals surface area (Å²) in [4.78, 5) is 4.97. The lowest BCUT2D eigenvalue weighted by Crippen LogP contribution is -2.46. The molecule has 2 unspecified atom stereocenters. The van der Waals surface area contributed by atoms with Crippen LogP contribution < -0.4 is 5.32 Å². The van der Waals surface area contributed by atoms with E-state index in [0.29, 0.717) is 5.41 Å². The van der Waals surface area contributed by atoms with Gasteiger partial charge in [0.2, 0.25) is 0 Å². The number of nitrogens with one attached hydrogen (secondary N) is 1. The zero-order valence-corrected chi connectivity index (χ0v) is 13.1. The molecule has 0 amide bonds. The predicted molar refractivity (Wildman–Crippen MR) is 84.8 cm³/mol. The molecule has 3 fully saturated rings. The van der Waals surface area contributed by atoms with E-state index in [1.54, 1.807) is 0 Å². The van der Waals surface area contributed by atoms with E-state index < -0.39 is 0 Å². The van der Waals surface area contributed by atoms with Crippen LogP contribution in [0, 0.1) is 11.3 Å². The third kappa shape index (κ3) is 3.12. The summed E-state index contributed by atoms with van der Waals surface area (Å²) in [5.41, 5.74) is 0.540. The third-order valence-electron chi connectivity index (χ3n) is 5.62. The van der Waals surface area contributed by atoms with Crippen molar-refractivity contribution >= 4 is 16.9 Å². The van der Waals surface area contributed by atoms with Crippen molar-refractivity contribution in [3.63, 3.8) is 0 Å². The second kappa shape index (κ2) is 6.07. The first-order chi connectivity index (χ1) is 9.31. The normalized spacial score (nSPS) is 35.9. The molecule has 3 rings (SSSR count). The fourth-order valence-corrected chi connectivity index (χ4v) is 5.22. The number of nitrogens with zero attached hydrogens (tertiary/aromatic N) is 1. The summed E-state index contributed by atoms with van der Waals surface area (Å²) in [5.74, 6) is 2.21. The minimum atomic E-state index is 0.540. The van der Waals surface area contributed by atoms with E-state index in [4.69, 9.17) is 4.99 Å². The summed E-state index contributed by atoms with van der Waals surface area (Å²) in [7, 11) is 0. The Morgan fingerprint density at radius 3 is 2.79 bits per heavy atom. The van der Waals surface area contributed by atoms with Crippen molar-refractivity contribution < 1.29 is 0 Å². The highest BCUT2D eigenvalue weighted by molar-refractivity contribution is 8.13. The Bertz CT molecular complexity index is 334. The van der Waals surface area contributed by atoms with Gasteiger partial charge in [-0.2, -0.15) is 0 Å². The van der Waals surface area contributed by atoms with Crippen molar-refractivity contribution in [3.05, 3.63) is 0 Å². The standard InChI is InChI=1S/C16H28N2S/c1-2-16(9-5-6-10-16)12-17-15-18-14-8-4-3-7-13(14)11-19-15/h13-14H,2-12H2,1H3,(H,17,18). The molecule has 2 nitrogen and oxygen atoms in total. The molecule has 0 aromatic rings. The zero-order chi connectivity index (χ0) is 13.1. The summed E-state index contributed by atoms with van der Waals surface area (Å²) < 4.78 is 0. The Balaban J connectivity index is 1.58. The van der Waals surface area contributed by atoms with Gasteiger partial charge in [0.1, 0.15) is 0 Å². The van der Waals surface area contributed by atoms with Crippen molar-refractivity contribution in [1.29, 1.82) is 0 Å². The molecule has 1 aliphatic heterocycles. The first kappa shape index (κ1) is 13.8. The first-order valence-corrected chi connectivity index (χ1v) is 9.24. The van der Waals surface area contributed by atoms with Crippen LogP contribution in [0.3, 0.4) is 0 Å². The number of rotatable bonds is 3. The highest BCUT2D eigenvalue weighted by Gasteiger charge is 2.33. The lowest BCUT2D eigenvalue weighted by molar-refractivity contribution is 0.294. The Kier molecular flexibility index (Phi) is 4.40. The number of hydrogen-bond acceptors (Lipinski definition) is 2. The van der Waals surface area contributed by atoms with Crippen LogP contribution in [0.1, 0.15) is 64.7 Å². The van der Waals surface area contributed by atoms with Crippen LogP contribution in [-0.4, -0.2) is 23.5 Å². The van der Waals surface area contributed by atoms with Gasteiger partial charge in [0.15, 0.2) is 5.17 Å². The Labute approximate surface area is 122 Å². The number of fused-ring (bicyclic) bond motifs is 1. The largest absolute Gasteiger partial charge is 0.362 e. The molecule has 2 aliphatic carbocycles. The van der Waals surface area contributed by atoms with Crippen molar-refractivity contribution in [2.45, 2.75) is 70.8 Å². The minimum absolute atomic E-state index is 0.540. The van der Waals surface area contributed by atoms with Gasteiger partial charge < -0.3 is 5.32 Å². The highest BCUT2D eigenvalue weighted by Crippen LogP contribution is 2.41. The maximum atomic E-state index is 4.97. The Morgan fingerprint density at radius 2 is 2.00 bits per heavy atom. The molecule has 0 spiro atoms. The maximum Gasteiger partial charge on any atom is 0.156 e. The lowest BCUT2D eigenvalue weighted by atomic mass is 9.83. The van der Waals surface area contributed by atoms with Crippen molar-refractivity contribution in [1.82, 2.24) is 5.32 Å². The SMILES string of the molecule is CCC1(CN=C2NC3CCCCC3CS2)CCCC1. The van der Waals surface area contributed by atoms with Crippen molar-refractivity contribution in [2.24, 2.45) is 16.3 Å². The molecule has 108 valence electrons. The third-order valence-corrected chi connectivity index (χ3v) is 6.74. The lowest BCUT2D eigenvalue weighted by Gasteiger charge is -2.37. The second-order valence-corrected chi connectivity index (χ2v) is 7.80. The summed E-state index contributed by atoms with van der Waals surface area (Å²) in [6.07, 6.45) is 12.6. The number of hydrogen-bond donors (Lipinski definition) is 1. The topological polar surface area (TPSA) is 24.4 Å². The molecule has 1 saturated heterocycles. The molecule has 19 heavy (non-hydrogen) atoms. The molecule has 2 saturated carbocycles. The van der Waals surface area contributed by atoms with Gasteiger partial charge >= 0.3 is 0 Å². The molecule has 1 N–H and O–H groups in total. The van der Waals surface area contributed by atoms with Gasteiger partial charge in [-0.3, -0.25) is 4.99 Å². The smallest absolute Gasteiger partial charge is 0.156 e. The first-order valence-electron chi connectivity index (χ1n) is 8.25. The van der Waals surface area contributed by atoms with Crippen LogP contribution in [0.4, 0.5) is 0 Å². The van der Waals surface area contributed by atoms with E-state index in [1.807, 2.05) is 11.8 Å². The molecular weight excluding hydrogens is 252 g/mol. The van der Waals surface area contributed by atoms with E-state index in [-0.39, 0.29) is 0 Å². The van der Waals surface area contributed by atoms with E-state index in [1.165, 1.54) is 68.7 Å². The van der Waals surface area contributed by atoms with Gasteiger partial charge in [-0.25, -0.2) is 0 Å². The summed E-state index contributed by atoms with van der Waals surface area (Å²) in [5, 5.41) is 4.99. The van der Waals surface area contributed by atoms with Crippen molar-refractivity contribution in [2.75, 3.05) is 12.3 Å². The Morgan fingerprint density at radius 1 is 1.21 bits per heavy atom. The summed E-state index contributed by atoms with van der Waals surface area (Å²) in [6, 6.07) is 0.731. The average Bonchev–Trinajstić information content (AvgIpc) is 2.94. The van der Waals surface area contributed by atoms with E-state index >= 15 is 0 Å². The molecule has 3 heteroatoms. The highest BCUT2D eigenvalue weighted by atomic mass is 32.2. The minimum Gasteiger partial charge on any atom is -0.362 e. The van der Waals surface area contributed by atoms with Gasteiger partial charge in [0.05, 0.1) is 0 Å². The second-order valence-electron chi connectivity index (χ2n) is 6.79. The number of aliphatic imine (C=N–C) groups is 1. The average molecular weight is 280 g/mol. The van der Waals surface area contributed by atoms with Gasteiger partial charge in [-0.1, -0.05) is 44.4 Å². The molecule has 0 aromatic carbocycles. The quantitative estimate of drug-likeness (QED) is 0.837. The molecule has 0 radical (unpaired) electrons. The molecule has 1 heterocycles. The molecular formula is C16H28N2S. The van der Waals surface area contributed by atoms with Crippen molar-refractivity contribution in [3.8, 4) is 0 Å². The van der Waals surface area contributed by atoms with Crippen LogP contribution in [0.15, 0.2) is 4.99 Å². The van der Waals surface area contributed by atoms with Gasteiger partial charge in [-0.15, -0.1) is 0 Å². The zero-order valence-electron chi connectivity index (χ0n) is 12.3. The maximum absolute atomic E-state index is 4.97. The van der Waals surface area contributed by atoms with Crippen LogP contribution in [0.25, 0.3) is 0 Å². The fraction of sp³-hybridized carbons (Fsp3) is 0.938. The predicted octanol–water partition coefficient (Wildman–Crippen LogP) is 4.21. The fourth-order valence-electron chi connectivity index (χ4n) is 4.06. The van der Waals surface area contributed by atoms with Crippen LogP contribution in [0.2, 0.25) is 0 Å². The number of thioether (sulfide) groups is 1. The van der Waals surface area contributed by atoms with E-state index in [0.717, 1.165) is 18.5 Å². The van der Waals surface area contributed by atoms with Gasteiger partial charge in [0, 0.05) is 18.3 Å².